The van der Waals surface area contributed by atoms with Crippen molar-refractivity contribution in [2.75, 3.05) is 0 Å². The molecule has 2 N–H and O–H groups in total. The fraction of sp³-hybridized carbons (Fsp3) is 0.308. The van der Waals surface area contributed by atoms with Crippen LogP contribution < -0.4 is 5.46 Å². The van der Waals surface area contributed by atoms with E-state index < -0.39 is 0 Å². The van der Waals surface area contributed by atoms with Gasteiger partial charge in [-0.15, -0.1) is 0 Å². The van der Waals surface area contributed by atoms with Crippen molar-refractivity contribution in [3.05, 3.63) is 76.5 Å². The van der Waals surface area contributed by atoms with Crippen molar-refractivity contribution in [1.29, 1.82) is 0 Å². The van der Waals surface area contributed by atoms with Gasteiger partial charge in [-0.05, 0) is 71.3 Å². The van der Waals surface area contributed by atoms with Crippen LogP contribution in [-0.2, 0) is 9.31 Å². The van der Waals surface area contributed by atoms with Crippen LogP contribution in [0.1, 0.15) is 39.1 Å². The fourth-order valence-electron chi connectivity index (χ4n) is 3.54. The molecule has 0 atom stereocenters. The molecular formula is C26H30BBrN4O2. The van der Waals surface area contributed by atoms with Crippen LogP contribution >= 0.6 is 15.9 Å². The van der Waals surface area contributed by atoms with E-state index in [9.17, 15) is 0 Å². The smallest absolute Gasteiger partial charge is 0.399 e. The zero-order valence-corrected chi connectivity index (χ0v) is 22.0. The molecule has 176 valence electrons. The number of hydrogen-bond donors (Lipinski definition) is 2. The number of benzene rings is 2. The maximum absolute atomic E-state index is 6.06. The summed E-state index contributed by atoms with van der Waals surface area (Å²) in [6, 6.07) is 20.4. The van der Waals surface area contributed by atoms with Crippen LogP contribution in [0.5, 0.6) is 0 Å². The molecule has 0 radical (unpaired) electrons. The molecule has 34 heavy (non-hydrogen) atoms. The van der Waals surface area contributed by atoms with Crippen LogP contribution in [0.15, 0.2) is 65.1 Å². The lowest BCUT2D eigenvalue weighted by Gasteiger charge is -2.32. The van der Waals surface area contributed by atoms with Gasteiger partial charge in [-0.2, -0.15) is 10.2 Å². The Hall–Kier alpha value is -2.68. The fourth-order valence-corrected chi connectivity index (χ4v) is 3.81. The number of nitrogens with one attached hydrogen (secondary N) is 2. The molecule has 1 aliphatic heterocycles. The zero-order valence-electron chi connectivity index (χ0n) is 20.4. The molecule has 1 saturated heterocycles. The summed E-state index contributed by atoms with van der Waals surface area (Å²) in [5.41, 5.74) is 6.71. The van der Waals surface area contributed by atoms with E-state index in [4.69, 9.17) is 9.31 Å². The van der Waals surface area contributed by atoms with Gasteiger partial charge in [0.15, 0.2) is 0 Å². The number of aromatic nitrogens is 4. The molecule has 0 unspecified atom stereocenters. The Morgan fingerprint density at radius 1 is 0.706 bits per heavy atom. The molecule has 4 aromatic rings. The molecular weight excluding hydrogens is 491 g/mol. The summed E-state index contributed by atoms with van der Waals surface area (Å²) in [7, 11) is -0.315. The summed E-state index contributed by atoms with van der Waals surface area (Å²) in [5.74, 6) is 0. The molecule has 0 aliphatic carbocycles. The summed E-state index contributed by atoms with van der Waals surface area (Å²) in [4.78, 5) is 0. The van der Waals surface area contributed by atoms with Gasteiger partial charge in [-0.1, -0.05) is 52.3 Å². The number of halogens is 1. The van der Waals surface area contributed by atoms with Crippen LogP contribution in [0.2, 0.25) is 0 Å². The second-order valence-corrected chi connectivity index (χ2v) is 10.5. The van der Waals surface area contributed by atoms with E-state index in [2.05, 4.69) is 76.2 Å². The summed E-state index contributed by atoms with van der Waals surface area (Å²) in [6.45, 7) is 12.2. The molecule has 0 amide bonds. The zero-order chi connectivity index (χ0) is 24.5. The summed E-state index contributed by atoms with van der Waals surface area (Å²) < 4.78 is 13.2. The van der Waals surface area contributed by atoms with Crippen molar-refractivity contribution < 1.29 is 9.31 Å². The van der Waals surface area contributed by atoms with Gasteiger partial charge in [-0.25, -0.2) is 0 Å². The average molecular weight is 521 g/mol. The molecule has 3 heterocycles. The molecule has 0 saturated carbocycles. The van der Waals surface area contributed by atoms with E-state index in [0.717, 1.165) is 43.8 Å². The molecule has 8 heteroatoms. The first-order chi connectivity index (χ1) is 16.0. The maximum Gasteiger partial charge on any atom is 0.494 e. The van der Waals surface area contributed by atoms with E-state index in [1.165, 1.54) is 0 Å². The number of hydrogen-bond acceptors (Lipinski definition) is 4. The lowest BCUT2D eigenvalue weighted by Crippen LogP contribution is -2.41. The van der Waals surface area contributed by atoms with Gasteiger partial charge in [0.25, 0.3) is 0 Å². The topological polar surface area (TPSA) is 75.8 Å². The quantitative estimate of drug-likeness (QED) is 0.333. The number of H-pyrrole nitrogens is 2. The van der Waals surface area contributed by atoms with Crippen LogP contribution in [-0.4, -0.2) is 38.7 Å². The first kappa shape index (κ1) is 24.4. The molecule has 1 fully saturated rings. The van der Waals surface area contributed by atoms with Gasteiger partial charge < -0.3 is 9.31 Å². The molecule has 1 aliphatic rings. The van der Waals surface area contributed by atoms with E-state index in [-0.39, 0.29) is 18.3 Å². The number of aryl methyl sites for hydroxylation is 2. The molecule has 0 bridgehead atoms. The highest BCUT2D eigenvalue weighted by molar-refractivity contribution is 9.10. The van der Waals surface area contributed by atoms with Crippen LogP contribution in [0.3, 0.4) is 0 Å². The minimum atomic E-state index is -0.315. The number of rotatable bonds is 3. The Bertz CT molecular complexity index is 1230. The minimum absolute atomic E-state index is 0.310. The van der Waals surface area contributed by atoms with Gasteiger partial charge in [0, 0.05) is 27.0 Å². The highest BCUT2D eigenvalue weighted by Crippen LogP contribution is 2.36. The third kappa shape index (κ3) is 5.35. The van der Waals surface area contributed by atoms with E-state index in [1.807, 2.05) is 62.4 Å². The second kappa shape index (κ2) is 9.52. The van der Waals surface area contributed by atoms with Crippen LogP contribution in [0.25, 0.3) is 22.5 Å². The Kier molecular flexibility index (Phi) is 6.85. The standard InChI is InChI=1S/C16H21BN2O2.C10H9BrN2/c1-11-10-14(19-18-11)12-6-8-13(9-7-12)17-20-15(2,3)16(4,5)21-17;1-7-6-10(13-12-7)8-2-4-9(11)5-3-8/h6-10H,1-5H3,(H,18,19);2-6H,1H3,(H,12,13). The van der Waals surface area contributed by atoms with Crippen molar-refractivity contribution in [3.8, 4) is 22.5 Å². The average Bonchev–Trinajstić information content (AvgIpc) is 3.47. The molecule has 5 rings (SSSR count). The first-order valence-corrected chi connectivity index (χ1v) is 12.1. The van der Waals surface area contributed by atoms with Gasteiger partial charge in [0.1, 0.15) is 0 Å². The molecule has 0 spiro atoms. The Balaban J connectivity index is 0.000000180. The van der Waals surface area contributed by atoms with E-state index in [0.29, 0.717) is 0 Å². The summed E-state index contributed by atoms with van der Waals surface area (Å²) >= 11 is 3.39. The van der Waals surface area contributed by atoms with Gasteiger partial charge in [0.2, 0.25) is 0 Å². The number of aromatic amines is 2. The molecule has 2 aromatic carbocycles. The molecule has 6 nitrogen and oxygen atoms in total. The van der Waals surface area contributed by atoms with Crippen molar-refractivity contribution in [1.82, 2.24) is 20.4 Å². The minimum Gasteiger partial charge on any atom is -0.399 e. The monoisotopic (exact) mass is 520 g/mol. The normalized spacial score (nSPS) is 16.3. The highest BCUT2D eigenvalue weighted by Gasteiger charge is 2.51. The Morgan fingerprint density at radius 2 is 1.12 bits per heavy atom. The lowest BCUT2D eigenvalue weighted by atomic mass is 9.79. The van der Waals surface area contributed by atoms with Crippen molar-refractivity contribution in [3.63, 3.8) is 0 Å². The summed E-state index contributed by atoms with van der Waals surface area (Å²) in [6.07, 6.45) is 0. The largest absolute Gasteiger partial charge is 0.494 e. The van der Waals surface area contributed by atoms with Crippen molar-refractivity contribution in [2.45, 2.75) is 52.7 Å². The van der Waals surface area contributed by atoms with Crippen LogP contribution in [0, 0.1) is 13.8 Å². The van der Waals surface area contributed by atoms with E-state index >= 15 is 0 Å². The number of nitrogens with zero attached hydrogens (tertiary/aromatic N) is 2. The van der Waals surface area contributed by atoms with Gasteiger partial charge >= 0.3 is 7.12 Å². The lowest BCUT2D eigenvalue weighted by molar-refractivity contribution is 0.00578. The van der Waals surface area contributed by atoms with Gasteiger partial charge in [-0.3, -0.25) is 10.2 Å². The maximum atomic E-state index is 6.06. The summed E-state index contributed by atoms with van der Waals surface area (Å²) in [5, 5.41) is 14.3. The van der Waals surface area contributed by atoms with Crippen molar-refractivity contribution in [2.24, 2.45) is 0 Å². The van der Waals surface area contributed by atoms with E-state index in [1.54, 1.807) is 0 Å². The molecule has 2 aromatic heterocycles. The van der Waals surface area contributed by atoms with Crippen molar-refractivity contribution >= 4 is 28.5 Å². The third-order valence-electron chi connectivity index (χ3n) is 6.28. The van der Waals surface area contributed by atoms with Gasteiger partial charge in [0.05, 0.1) is 22.6 Å². The predicted molar refractivity (Wildman–Crippen MR) is 141 cm³/mol. The Labute approximate surface area is 209 Å². The third-order valence-corrected chi connectivity index (χ3v) is 6.81. The first-order valence-electron chi connectivity index (χ1n) is 11.3. The Morgan fingerprint density at radius 3 is 1.50 bits per heavy atom. The highest BCUT2D eigenvalue weighted by atomic mass is 79.9. The second-order valence-electron chi connectivity index (χ2n) is 9.59. The SMILES string of the molecule is Cc1cc(-c2ccc(B3OC(C)(C)C(C)(C)O3)cc2)n[nH]1.Cc1cc(-c2ccc(Br)cc2)n[nH]1. The predicted octanol–water partition coefficient (Wildman–Crippen LogP) is 5.83. The van der Waals surface area contributed by atoms with Crippen LogP contribution in [0.4, 0.5) is 0 Å².